The van der Waals surface area contributed by atoms with Crippen molar-refractivity contribution >= 4 is 55.9 Å². The number of carbonyl (C=O) groups excluding carboxylic acids is 1. The molecule has 1 aliphatic heterocycles. The number of H-pyrrole nitrogens is 1. The van der Waals surface area contributed by atoms with Crippen LogP contribution in [-0.2, 0) is 10.0 Å². The van der Waals surface area contributed by atoms with Crippen molar-refractivity contribution < 1.29 is 13.2 Å². The van der Waals surface area contributed by atoms with Gasteiger partial charge in [0.05, 0.1) is 32.9 Å². The molecule has 12 heteroatoms. The van der Waals surface area contributed by atoms with E-state index in [4.69, 9.17) is 23.2 Å². The van der Waals surface area contributed by atoms with Crippen molar-refractivity contribution in [1.82, 2.24) is 25.4 Å². The first kappa shape index (κ1) is 26.1. The highest BCUT2D eigenvalue weighted by Gasteiger charge is 2.30. The molecule has 202 valence electrons. The smallest absolute Gasteiger partial charge is 0.263 e. The van der Waals surface area contributed by atoms with Gasteiger partial charge in [-0.2, -0.15) is 5.10 Å². The second-order valence-electron chi connectivity index (χ2n) is 10.1. The summed E-state index contributed by atoms with van der Waals surface area (Å²) in [5, 5.41) is 10.9. The van der Waals surface area contributed by atoms with Crippen LogP contribution in [0.25, 0.3) is 22.3 Å². The van der Waals surface area contributed by atoms with Crippen molar-refractivity contribution in [2.45, 2.75) is 30.2 Å². The summed E-state index contributed by atoms with van der Waals surface area (Å²) in [5.74, 6) is 0.662. The van der Waals surface area contributed by atoms with E-state index in [1.54, 1.807) is 36.5 Å². The van der Waals surface area contributed by atoms with E-state index in [-0.39, 0.29) is 26.9 Å². The van der Waals surface area contributed by atoms with E-state index >= 15 is 0 Å². The third kappa shape index (κ3) is 5.60. The van der Waals surface area contributed by atoms with Crippen molar-refractivity contribution in [2.24, 2.45) is 5.92 Å². The number of rotatable bonds is 8. The number of halogens is 2. The molecule has 2 aromatic heterocycles. The summed E-state index contributed by atoms with van der Waals surface area (Å²) < 4.78 is 28.2. The number of aromatic amines is 1. The average Bonchev–Trinajstić information content (AvgIpc) is 3.40. The molecule has 39 heavy (non-hydrogen) atoms. The van der Waals surface area contributed by atoms with Gasteiger partial charge in [-0.05, 0) is 55.5 Å². The van der Waals surface area contributed by atoms with Crippen LogP contribution >= 0.6 is 23.2 Å². The Morgan fingerprint density at radius 3 is 2.67 bits per heavy atom. The molecule has 1 amide bonds. The van der Waals surface area contributed by atoms with E-state index < -0.39 is 10.0 Å². The van der Waals surface area contributed by atoms with Crippen molar-refractivity contribution in [3.8, 4) is 11.3 Å². The molecule has 2 fully saturated rings. The minimum Gasteiger partial charge on any atom is -0.348 e. The summed E-state index contributed by atoms with van der Waals surface area (Å²) >= 11 is 12.1. The van der Waals surface area contributed by atoms with Gasteiger partial charge >= 0.3 is 0 Å². The normalized spacial score (nSPS) is 17.9. The van der Waals surface area contributed by atoms with Gasteiger partial charge in [0.2, 0.25) is 0 Å². The predicted molar refractivity (Wildman–Crippen MR) is 152 cm³/mol. The first-order valence-electron chi connectivity index (χ1n) is 12.7. The van der Waals surface area contributed by atoms with E-state index in [1.807, 2.05) is 0 Å². The van der Waals surface area contributed by atoms with Crippen molar-refractivity contribution in [3.63, 3.8) is 0 Å². The molecule has 1 saturated heterocycles. The van der Waals surface area contributed by atoms with Gasteiger partial charge in [0, 0.05) is 36.9 Å². The van der Waals surface area contributed by atoms with Crippen molar-refractivity contribution in [2.75, 3.05) is 24.4 Å². The van der Waals surface area contributed by atoms with Crippen LogP contribution in [0.5, 0.6) is 0 Å². The van der Waals surface area contributed by atoms with Crippen LogP contribution in [0.15, 0.2) is 59.6 Å². The second-order valence-corrected chi connectivity index (χ2v) is 12.5. The number of amides is 1. The van der Waals surface area contributed by atoms with Gasteiger partial charge in [0.1, 0.15) is 4.90 Å². The molecule has 3 heterocycles. The van der Waals surface area contributed by atoms with Crippen LogP contribution in [-0.4, -0.2) is 60.1 Å². The maximum absolute atomic E-state index is 13.3. The number of anilines is 1. The molecular formula is C27H26Cl2N6O3S. The molecule has 2 aromatic carbocycles. The predicted octanol–water partition coefficient (Wildman–Crippen LogP) is 4.95. The number of benzene rings is 2. The number of carbonyl (C=O) groups is 1. The van der Waals surface area contributed by atoms with E-state index in [0.29, 0.717) is 33.5 Å². The molecule has 0 bridgehead atoms. The number of hydrogen-bond donors (Lipinski definition) is 3. The summed E-state index contributed by atoms with van der Waals surface area (Å²) in [7, 11) is -3.95. The van der Waals surface area contributed by atoms with E-state index in [9.17, 15) is 13.2 Å². The molecule has 0 radical (unpaired) electrons. The SMILES string of the molecule is O=C(NC1CCN(CC2CC2)C1)c1cc(-c2ccc(NS(=O)(=O)c3cccc(Cl)c3Cl)cc2)nc2[nH]ncc12. The first-order chi connectivity index (χ1) is 18.8. The number of pyridine rings is 1. The molecule has 3 N–H and O–H groups in total. The highest BCUT2D eigenvalue weighted by Crippen LogP contribution is 2.32. The van der Waals surface area contributed by atoms with Crippen LogP contribution in [0.1, 0.15) is 29.6 Å². The number of sulfonamides is 1. The zero-order chi connectivity index (χ0) is 27.1. The van der Waals surface area contributed by atoms with E-state index in [1.165, 1.54) is 31.0 Å². The molecule has 1 aliphatic carbocycles. The van der Waals surface area contributed by atoms with Gasteiger partial charge in [-0.3, -0.25) is 14.6 Å². The Hall–Kier alpha value is -3.18. The third-order valence-electron chi connectivity index (χ3n) is 7.13. The fraction of sp³-hybridized carbons (Fsp3) is 0.296. The van der Waals surface area contributed by atoms with Crippen molar-refractivity contribution in [3.05, 3.63) is 70.3 Å². The molecule has 0 spiro atoms. The number of aromatic nitrogens is 3. The Kier molecular flexibility index (Phi) is 6.96. The molecule has 1 saturated carbocycles. The summed E-state index contributed by atoms with van der Waals surface area (Å²) in [5.41, 5.74) is 2.60. The minimum atomic E-state index is -3.95. The Balaban J connectivity index is 1.21. The quantitative estimate of drug-likeness (QED) is 0.269. The molecule has 4 aromatic rings. The Labute approximate surface area is 236 Å². The minimum absolute atomic E-state index is 0.0422. The van der Waals surface area contributed by atoms with Gasteiger partial charge in [-0.25, -0.2) is 13.4 Å². The third-order valence-corrected chi connectivity index (χ3v) is 9.48. The highest BCUT2D eigenvalue weighted by atomic mass is 35.5. The Bertz CT molecular complexity index is 1650. The number of nitrogens with one attached hydrogen (secondary N) is 3. The number of fused-ring (bicyclic) bond motifs is 1. The topological polar surface area (TPSA) is 120 Å². The van der Waals surface area contributed by atoms with Crippen LogP contribution in [0.3, 0.4) is 0 Å². The zero-order valence-corrected chi connectivity index (χ0v) is 23.2. The summed E-state index contributed by atoms with van der Waals surface area (Å²) in [6.45, 7) is 2.99. The van der Waals surface area contributed by atoms with E-state index in [2.05, 4.69) is 30.1 Å². The standard InChI is InChI=1S/C27H26Cl2N6O3S/c28-22-2-1-3-24(25(22)29)39(37,38)34-18-8-6-17(7-9-18)23-12-20(21-13-30-33-26(21)32-23)27(36)31-19-10-11-35(15-19)14-16-4-5-16/h1-3,6-9,12-13,16,19,34H,4-5,10-11,14-15H2,(H,31,36)(H,30,32,33). The molecule has 6 rings (SSSR count). The maximum Gasteiger partial charge on any atom is 0.263 e. The molecule has 9 nitrogen and oxygen atoms in total. The van der Waals surface area contributed by atoms with Crippen LogP contribution < -0.4 is 10.0 Å². The van der Waals surface area contributed by atoms with Gasteiger partial charge in [-0.1, -0.05) is 41.4 Å². The lowest BCUT2D eigenvalue weighted by molar-refractivity contribution is 0.0939. The van der Waals surface area contributed by atoms with Crippen LogP contribution in [0.2, 0.25) is 10.0 Å². The van der Waals surface area contributed by atoms with Gasteiger partial charge in [0.15, 0.2) is 5.65 Å². The van der Waals surface area contributed by atoms with Crippen LogP contribution in [0.4, 0.5) is 5.69 Å². The number of likely N-dealkylation sites (tertiary alicyclic amines) is 1. The molecule has 2 aliphatic rings. The average molecular weight is 586 g/mol. The molecular weight excluding hydrogens is 559 g/mol. The Morgan fingerprint density at radius 2 is 1.90 bits per heavy atom. The van der Waals surface area contributed by atoms with Crippen LogP contribution in [0, 0.1) is 5.92 Å². The second kappa shape index (κ2) is 10.4. The Morgan fingerprint density at radius 1 is 1.10 bits per heavy atom. The lowest BCUT2D eigenvalue weighted by atomic mass is 10.1. The first-order valence-corrected chi connectivity index (χ1v) is 15.0. The molecule has 1 unspecified atom stereocenters. The van der Waals surface area contributed by atoms with Gasteiger partial charge < -0.3 is 10.2 Å². The number of hydrogen-bond acceptors (Lipinski definition) is 6. The summed E-state index contributed by atoms with van der Waals surface area (Å²) in [4.78, 5) is 20.3. The van der Waals surface area contributed by atoms with E-state index in [0.717, 1.165) is 32.0 Å². The highest BCUT2D eigenvalue weighted by molar-refractivity contribution is 7.92. The molecule has 1 atom stereocenters. The van der Waals surface area contributed by atoms with Gasteiger partial charge in [0.25, 0.3) is 15.9 Å². The summed E-state index contributed by atoms with van der Waals surface area (Å²) in [6.07, 6.45) is 5.17. The maximum atomic E-state index is 13.3. The fourth-order valence-electron chi connectivity index (χ4n) is 4.92. The zero-order valence-electron chi connectivity index (χ0n) is 20.8. The summed E-state index contributed by atoms with van der Waals surface area (Å²) in [6, 6.07) is 13.0. The monoisotopic (exact) mass is 584 g/mol. The lowest BCUT2D eigenvalue weighted by Crippen LogP contribution is -2.37. The van der Waals surface area contributed by atoms with Gasteiger partial charge in [-0.15, -0.1) is 0 Å². The largest absolute Gasteiger partial charge is 0.348 e. The lowest BCUT2D eigenvalue weighted by Gasteiger charge is -2.16. The number of nitrogens with zero attached hydrogens (tertiary/aromatic N) is 3. The fourth-order valence-corrected chi connectivity index (χ4v) is 6.74. The van der Waals surface area contributed by atoms with Crippen molar-refractivity contribution in [1.29, 1.82) is 0 Å².